The molecule has 0 bridgehead atoms. The minimum Gasteiger partial charge on any atom is -0.408 e. The first kappa shape index (κ1) is 14.9. The van der Waals surface area contributed by atoms with E-state index in [0.29, 0.717) is 6.42 Å². The highest BCUT2D eigenvalue weighted by Gasteiger charge is 2.45. The van der Waals surface area contributed by atoms with Gasteiger partial charge in [-0.05, 0) is 32.7 Å². The van der Waals surface area contributed by atoms with E-state index in [1.165, 1.54) is 0 Å². The third-order valence-corrected chi connectivity index (χ3v) is 7.56. The Kier molecular flexibility index (Phi) is 5.78. The Hall–Kier alpha value is -0.123. The van der Waals surface area contributed by atoms with Gasteiger partial charge in [-0.15, -0.1) is 6.58 Å². The van der Waals surface area contributed by atoms with Gasteiger partial charge in [0.2, 0.25) is 8.32 Å². The fourth-order valence-corrected chi connectivity index (χ4v) is 4.07. The van der Waals surface area contributed by atoms with Gasteiger partial charge in [-0.1, -0.05) is 26.5 Å². The lowest BCUT2D eigenvalue weighted by atomic mass is 10.2. The molecule has 90 valence electrons. The normalized spacial score (nSPS) is 19.7. The molecule has 2 unspecified atom stereocenters. The second kappa shape index (κ2) is 5.82. The molecule has 0 aromatic heterocycles. The predicted molar refractivity (Wildman–Crippen MR) is 68.2 cm³/mol. The summed E-state index contributed by atoms with van der Waals surface area (Å²) < 4.78 is 6.11. The van der Waals surface area contributed by atoms with E-state index in [0.717, 1.165) is 12.8 Å². The number of aliphatic hydroxyl groups is 1. The first-order chi connectivity index (χ1) is 6.86. The Morgan fingerprint density at radius 3 is 2.13 bits per heavy atom. The van der Waals surface area contributed by atoms with Gasteiger partial charge in [0.05, 0.1) is 5.22 Å². The lowest BCUT2D eigenvalue weighted by molar-refractivity contribution is 0.0799. The number of rotatable bonds is 7. The van der Waals surface area contributed by atoms with Crippen molar-refractivity contribution in [2.24, 2.45) is 0 Å². The lowest BCUT2D eigenvalue weighted by Crippen LogP contribution is -2.57. The van der Waals surface area contributed by atoms with E-state index in [-0.39, 0.29) is 6.10 Å². The standard InChI is InChI=1S/C12H26O2Si/c1-7-11(8-2)14-15(6,10-4)12(5,13)9-3/h10-11,13H,4,7-9H2,1-3,5-6H3. The highest BCUT2D eigenvalue weighted by atomic mass is 28.4. The molecule has 0 amide bonds. The van der Waals surface area contributed by atoms with E-state index in [1.54, 1.807) is 0 Å². The van der Waals surface area contributed by atoms with Crippen molar-refractivity contribution >= 4 is 8.32 Å². The smallest absolute Gasteiger partial charge is 0.244 e. The van der Waals surface area contributed by atoms with Crippen molar-refractivity contribution in [3.8, 4) is 0 Å². The summed E-state index contributed by atoms with van der Waals surface area (Å²) in [5.41, 5.74) is 1.86. The second-order valence-corrected chi connectivity index (χ2v) is 8.43. The SMILES string of the molecule is C=C[Si](C)(OC(CC)CC)C(C)(O)CC. The van der Waals surface area contributed by atoms with Gasteiger partial charge in [0.15, 0.2) is 0 Å². The van der Waals surface area contributed by atoms with Crippen molar-refractivity contribution in [2.75, 3.05) is 0 Å². The lowest BCUT2D eigenvalue weighted by Gasteiger charge is -2.39. The Morgan fingerprint density at radius 2 is 1.87 bits per heavy atom. The number of hydrogen-bond acceptors (Lipinski definition) is 2. The van der Waals surface area contributed by atoms with Crippen LogP contribution in [0.15, 0.2) is 12.3 Å². The molecule has 0 aliphatic heterocycles. The first-order valence-corrected chi connectivity index (χ1v) is 8.39. The summed E-state index contributed by atoms with van der Waals surface area (Å²) >= 11 is 0. The molecule has 3 heteroatoms. The Labute approximate surface area is 95.5 Å². The van der Waals surface area contributed by atoms with Crippen LogP contribution in [0.3, 0.4) is 0 Å². The van der Waals surface area contributed by atoms with Crippen LogP contribution in [0.2, 0.25) is 6.55 Å². The zero-order valence-corrected chi connectivity index (χ0v) is 11.8. The van der Waals surface area contributed by atoms with Gasteiger partial charge in [0, 0.05) is 6.10 Å². The molecule has 0 fully saturated rings. The first-order valence-electron chi connectivity index (χ1n) is 5.90. The van der Waals surface area contributed by atoms with E-state index in [9.17, 15) is 5.11 Å². The Morgan fingerprint density at radius 1 is 1.40 bits per heavy atom. The topological polar surface area (TPSA) is 29.5 Å². The molecule has 2 atom stereocenters. The molecule has 15 heavy (non-hydrogen) atoms. The summed E-state index contributed by atoms with van der Waals surface area (Å²) in [6, 6.07) is 0. The van der Waals surface area contributed by atoms with Crippen LogP contribution < -0.4 is 0 Å². The minimum absolute atomic E-state index is 0.248. The summed E-state index contributed by atoms with van der Waals surface area (Å²) in [6.07, 6.45) is 2.94. The van der Waals surface area contributed by atoms with Gasteiger partial charge in [-0.2, -0.15) is 0 Å². The average molecular weight is 230 g/mol. The van der Waals surface area contributed by atoms with Crippen molar-refractivity contribution in [2.45, 2.75) is 64.8 Å². The Bertz CT molecular complexity index is 200. The maximum Gasteiger partial charge on any atom is 0.244 e. The van der Waals surface area contributed by atoms with Gasteiger partial charge in [-0.25, -0.2) is 0 Å². The molecule has 0 rings (SSSR count). The van der Waals surface area contributed by atoms with Crippen LogP contribution in [-0.4, -0.2) is 24.8 Å². The molecule has 0 aliphatic rings. The van der Waals surface area contributed by atoms with Crippen LogP contribution in [0.5, 0.6) is 0 Å². The van der Waals surface area contributed by atoms with Crippen molar-refractivity contribution in [3.63, 3.8) is 0 Å². The fraction of sp³-hybridized carbons (Fsp3) is 0.833. The van der Waals surface area contributed by atoms with E-state index in [1.807, 2.05) is 26.1 Å². The molecule has 0 spiro atoms. The summed E-state index contributed by atoms with van der Waals surface area (Å²) in [6.45, 7) is 14.0. The van der Waals surface area contributed by atoms with Crippen LogP contribution in [0, 0.1) is 0 Å². The van der Waals surface area contributed by atoms with E-state index in [4.69, 9.17) is 4.43 Å². The molecule has 0 aromatic carbocycles. The maximum atomic E-state index is 10.3. The van der Waals surface area contributed by atoms with Gasteiger partial charge >= 0.3 is 0 Å². The summed E-state index contributed by atoms with van der Waals surface area (Å²) in [7, 11) is -2.24. The largest absolute Gasteiger partial charge is 0.408 e. The van der Waals surface area contributed by atoms with Gasteiger partial charge in [0.1, 0.15) is 0 Å². The third-order valence-electron chi connectivity index (χ3n) is 3.47. The molecule has 0 aliphatic carbocycles. The fourth-order valence-electron chi connectivity index (χ4n) is 1.55. The maximum absolute atomic E-state index is 10.3. The van der Waals surface area contributed by atoms with Crippen molar-refractivity contribution in [1.29, 1.82) is 0 Å². The molecule has 1 N–H and O–H groups in total. The highest BCUT2D eigenvalue weighted by molar-refractivity contribution is 6.80. The van der Waals surface area contributed by atoms with Gasteiger partial charge in [-0.3, -0.25) is 0 Å². The predicted octanol–water partition coefficient (Wildman–Crippen LogP) is 3.19. The molecular weight excluding hydrogens is 204 g/mol. The summed E-state index contributed by atoms with van der Waals surface area (Å²) in [5.74, 6) is 0. The zero-order valence-electron chi connectivity index (χ0n) is 10.8. The zero-order chi connectivity index (χ0) is 12.1. The minimum atomic E-state index is -2.24. The van der Waals surface area contributed by atoms with Gasteiger partial charge < -0.3 is 9.53 Å². The highest BCUT2D eigenvalue weighted by Crippen LogP contribution is 2.28. The molecule has 0 radical (unpaired) electrons. The van der Waals surface area contributed by atoms with Crippen molar-refractivity contribution < 1.29 is 9.53 Å². The summed E-state index contributed by atoms with van der Waals surface area (Å²) in [5, 5.41) is 9.62. The van der Waals surface area contributed by atoms with Crippen LogP contribution >= 0.6 is 0 Å². The third kappa shape index (κ3) is 3.43. The Balaban J connectivity index is 4.78. The van der Waals surface area contributed by atoms with Crippen molar-refractivity contribution in [3.05, 3.63) is 12.3 Å². The molecule has 0 saturated heterocycles. The quantitative estimate of drug-likeness (QED) is 0.681. The number of hydrogen-bond donors (Lipinski definition) is 1. The summed E-state index contributed by atoms with van der Waals surface area (Å²) in [4.78, 5) is 0. The average Bonchev–Trinajstić information content (AvgIpc) is 2.25. The second-order valence-electron chi connectivity index (χ2n) is 4.49. The van der Waals surface area contributed by atoms with E-state index >= 15 is 0 Å². The van der Waals surface area contributed by atoms with Gasteiger partial charge in [0.25, 0.3) is 0 Å². The van der Waals surface area contributed by atoms with E-state index < -0.39 is 13.5 Å². The van der Waals surface area contributed by atoms with Crippen molar-refractivity contribution in [1.82, 2.24) is 0 Å². The van der Waals surface area contributed by atoms with Crippen LogP contribution in [0.25, 0.3) is 0 Å². The van der Waals surface area contributed by atoms with Crippen LogP contribution in [-0.2, 0) is 4.43 Å². The molecule has 0 aromatic rings. The molecule has 0 saturated carbocycles. The van der Waals surface area contributed by atoms with E-state index in [2.05, 4.69) is 20.4 Å². The molecular formula is C12H26O2Si. The van der Waals surface area contributed by atoms with Crippen LogP contribution in [0.1, 0.15) is 47.0 Å². The molecule has 2 nitrogen and oxygen atoms in total. The molecule has 0 heterocycles. The monoisotopic (exact) mass is 230 g/mol. The van der Waals surface area contributed by atoms with Crippen LogP contribution in [0.4, 0.5) is 0 Å².